The van der Waals surface area contributed by atoms with Gasteiger partial charge in [-0.15, -0.1) is 24.0 Å². The predicted molar refractivity (Wildman–Crippen MR) is 64.2 cm³/mol. The average Bonchev–Trinajstić information content (AvgIpc) is 2.03. The molecule has 0 aromatic rings. The van der Waals surface area contributed by atoms with Crippen molar-refractivity contribution in [2.24, 2.45) is 28.3 Å². The van der Waals surface area contributed by atoms with Gasteiger partial charge in [-0.05, 0) is 18.3 Å². The predicted octanol–water partition coefficient (Wildman–Crippen LogP) is 0.550. The Bertz CT molecular complexity index is 171. The van der Waals surface area contributed by atoms with Gasteiger partial charge >= 0.3 is 0 Å². The molecule has 13 heavy (non-hydrogen) atoms. The zero-order valence-corrected chi connectivity index (χ0v) is 10.2. The largest absolute Gasteiger partial charge is 0.381 e. The van der Waals surface area contributed by atoms with Gasteiger partial charge in [0.2, 0.25) is 0 Å². The van der Waals surface area contributed by atoms with Crippen LogP contribution in [-0.4, -0.2) is 25.7 Å². The highest BCUT2D eigenvalue weighted by Gasteiger charge is 2.21. The summed E-state index contributed by atoms with van der Waals surface area (Å²) in [6.45, 7) is 4.60. The van der Waals surface area contributed by atoms with E-state index in [9.17, 15) is 0 Å². The van der Waals surface area contributed by atoms with E-state index < -0.39 is 0 Å². The topological polar surface area (TPSA) is 73.6 Å². The molecule has 5 heteroatoms. The van der Waals surface area contributed by atoms with Crippen LogP contribution in [0.5, 0.6) is 0 Å². The van der Waals surface area contributed by atoms with E-state index in [-0.39, 0.29) is 29.9 Å². The van der Waals surface area contributed by atoms with Crippen molar-refractivity contribution < 1.29 is 4.74 Å². The minimum atomic E-state index is 0. The lowest BCUT2D eigenvalue weighted by Crippen LogP contribution is -2.29. The minimum absolute atomic E-state index is 0. The molecule has 1 aliphatic rings. The van der Waals surface area contributed by atoms with E-state index in [0.717, 1.165) is 26.2 Å². The molecule has 78 valence electrons. The van der Waals surface area contributed by atoms with Gasteiger partial charge in [0.15, 0.2) is 5.96 Å². The number of guanidine groups is 1. The van der Waals surface area contributed by atoms with Crippen molar-refractivity contribution in [2.75, 3.05) is 19.8 Å². The van der Waals surface area contributed by atoms with E-state index in [1.807, 2.05) is 0 Å². The highest BCUT2D eigenvalue weighted by molar-refractivity contribution is 14.0. The van der Waals surface area contributed by atoms with Crippen LogP contribution in [0.4, 0.5) is 0 Å². The second kappa shape index (κ2) is 6.42. The van der Waals surface area contributed by atoms with E-state index in [2.05, 4.69) is 11.9 Å². The summed E-state index contributed by atoms with van der Waals surface area (Å²) in [5.41, 5.74) is 10.5. The van der Waals surface area contributed by atoms with Gasteiger partial charge < -0.3 is 16.2 Å². The van der Waals surface area contributed by atoms with Gasteiger partial charge in [-0.3, -0.25) is 4.99 Å². The molecule has 0 aliphatic carbocycles. The zero-order valence-electron chi connectivity index (χ0n) is 7.90. The van der Waals surface area contributed by atoms with Gasteiger partial charge in [-0.25, -0.2) is 0 Å². The molecule has 0 spiro atoms. The fourth-order valence-electron chi connectivity index (χ4n) is 1.42. The highest BCUT2D eigenvalue weighted by Crippen LogP contribution is 2.21. The lowest BCUT2D eigenvalue weighted by atomic mass is 9.90. The third-order valence-electron chi connectivity index (χ3n) is 2.33. The van der Waals surface area contributed by atoms with Crippen LogP contribution in [0.25, 0.3) is 0 Å². The van der Waals surface area contributed by atoms with Crippen molar-refractivity contribution in [2.45, 2.75) is 13.3 Å². The van der Waals surface area contributed by atoms with Crippen LogP contribution < -0.4 is 11.5 Å². The van der Waals surface area contributed by atoms with E-state index >= 15 is 0 Å². The average molecular weight is 299 g/mol. The molecule has 4 nitrogen and oxygen atoms in total. The second-order valence-electron chi connectivity index (χ2n) is 3.37. The molecule has 4 N–H and O–H groups in total. The van der Waals surface area contributed by atoms with E-state index in [1.165, 1.54) is 0 Å². The number of hydrogen-bond acceptors (Lipinski definition) is 2. The number of ether oxygens (including phenoxy) is 1. The summed E-state index contributed by atoms with van der Waals surface area (Å²) in [7, 11) is 0. The molecule has 1 rings (SSSR count). The summed E-state index contributed by atoms with van der Waals surface area (Å²) >= 11 is 0. The maximum Gasteiger partial charge on any atom is 0.185 e. The molecule has 1 saturated heterocycles. The van der Waals surface area contributed by atoms with Gasteiger partial charge in [0.25, 0.3) is 0 Å². The van der Waals surface area contributed by atoms with Crippen LogP contribution >= 0.6 is 24.0 Å². The van der Waals surface area contributed by atoms with Crippen molar-refractivity contribution in [1.82, 2.24) is 0 Å². The van der Waals surface area contributed by atoms with E-state index in [1.54, 1.807) is 0 Å². The Labute approximate surface area is 96.1 Å². The third-order valence-corrected chi connectivity index (χ3v) is 2.33. The van der Waals surface area contributed by atoms with Gasteiger partial charge in [-0.1, -0.05) is 6.92 Å². The summed E-state index contributed by atoms with van der Waals surface area (Å²) in [4.78, 5) is 4.02. The molecule has 0 saturated carbocycles. The third kappa shape index (κ3) is 4.66. The molecule has 0 bridgehead atoms. The quantitative estimate of drug-likeness (QED) is 0.444. The van der Waals surface area contributed by atoms with Crippen LogP contribution in [0.15, 0.2) is 4.99 Å². The summed E-state index contributed by atoms with van der Waals surface area (Å²) < 4.78 is 5.31. The van der Waals surface area contributed by atoms with Crippen molar-refractivity contribution in [3.63, 3.8) is 0 Å². The van der Waals surface area contributed by atoms with Gasteiger partial charge in [-0.2, -0.15) is 0 Å². The Kier molecular flexibility index (Phi) is 6.40. The van der Waals surface area contributed by atoms with Crippen molar-refractivity contribution in [1.29, 1.82) is 0 Å². The molecular formula is C8H18IN3O. The minimum Gasteiger partial charge on any atom is -0.381 e. The van der Waals surface area contributed by atoms with Crippen LogP contribution in [0.1, 0.15) is 13.3 Å². The number of aliphatic imine (C=N–C) groups is 1. The van der Waals surface area contributed by atoms with E-state index in [4.69, 9.17) is 16.2 Å². The number of halogens is 1. The molecule has 0 aromatic carbocycles. The Morgan fingerprint density at radius 3 is 2.77 bits per heavy atom. The van der Waals surface area contributed by atoms with Crippen LogP contribution in [0.3, 0.4) is 0 Å². The molecule has 2 atom stereocenters. The highest BCUT2D eigenvalue weighted by atomic mass is 127. The fourth-order valence-corrected chi connectivity index (χ4v) is 1.42. The second-order valence-corrected chi connectivity index (χ2v) is 3.37. The lowest BCUT2D eigenvalue weighted by Gasteiger charge is -2.27. The van der Waals surface area contributed by atoms with Crippen molar-refractivity contribution in [3.05, 3.63) is 0 Å². The first-order valence-corrected chi connectivity index (χ1v) is 4.33. The van der Waals surface area contributed by atoms with E-state index in [0.29, 0.717) is 11.8 Å². The lowest BCUT2D eigenvalue weighted by molar-refractivity contribution is 0.0273. The SMILES string of the molecule is CC1COCCC1CN=C(N)N.I. The van der Waals surface area contributed by atoms with Crippen LogP contribution in [-0.2, 0) is 4.74 Å². The maximum atomic E-state index is 5.31. The first-order chi connectivity index (χ1) is 5.70. The fraction of sp³-hybridized carbons (Fsp3) is 0.875. The molecule has 2 unspecified atom stereocenters. The Hall–Kier alpha value is -0.0400. The summed E-state index contributed by atoms with van der Waals surface area (Å²) in [5.74, 6) is 1.34. The van der Waals surface area contributed by atoms with Crippen molar-refractivity contribution in [3.8, 4) is 0 Å². The molecule has 1 aliphatic heterocycles. The molecule has 1 heterocycles. The van der Waals surface area contributed by atoms with Gasteiger partial charge in [0.05, 0.1) is 0 Å². The van der Waals surface area contributed by atoms with Gasteiger partial charge in [0, 0.05) is 19.8 Å². The van der Waals surface area contributed by atoms with Crippen LogP contribution in [0, 0.1) is 11.8 Å². The Morgan fingerprint density at radius 2 is 2.23 bits per heavy atom. The molecule has 0 aromatic heterocycles. The Morgan fingerprint density at radius 1 is 1.54 bits per heavy atom. The van der Waals surface area contributed by atoms with Crippen molar-refractivity contribution >= 4 is 29.9 Å². The zero-order chi connectivity index (χ0) is 8.97. The summed E-state index contributed by atoms with van der Waals surface area (Å²) in [6.07, 6.45) is 1.07. The molecular weight excluding hydrogens is 281 g/mol. The number of nitrogens with two attached hydrogens (primary N) is 2. The maximum absolute atomic E-state index is 5.31. The number of hydrogen-bond donors (Lipinski definition) is 2. The molecule has 0 radical (unpaired) electrons. The standard InChI is InChI=1S/C8H17N3O.HI/c1-6-5-12-3-2-7(6)4-11-8(9)10;/h6-7H,2-5H2,1H3,(H4,9,10,11);1H. The molecule has 1 fully saturated rings. The van der Waals surface area contributed by atoms with Gasteiger partial charge in [0.1, 0.15) is 0 Å². The smallest absolute Gasteiger partial charge is 0.185 e. The van der Waals surface area contributed by atoms with Crippen LogP contribution in [0.2, 0.25) is 0 Å². The summed E-state index contributed by atoms with van der Waals surface area (Å²) in [5, 5.41) is 0. The first kappa shape index (κ1) is 13.0. The first-order valence-electron chi connectivity index (χ1n) is 4.33. The Balaban J connectivity index is 0.00000144. The summed E-state index contributed by atoms with van der Waals surface area (Å²) in [6, 6.07) is 0. The number of nitrogens with zero attached hydrogens (tertiary/aromatic N) is 1. The number of rotatable bonds is 2. The monoisotopic (exact) mass is 299 g/mol. The molecule has 0 amide bonds. The normalized spacial score (nSPS) is 27.5.